The summed E-state index contributed by atoms with van der Waals surface area (Å²) in [6, 6.07) is 7.71. The average molecular weight is 193 g/mol. The third-order valence-corrected chi connectivity index (χ3v) is 2.41. The van der Waals surface area contributed by atoms with E-state index < -0.39 is 5.60 Å². The second-order valence-electron chi connectivity index (χ2n) is 4.12. The molecule has 1 atom stereocenters. The van der Waals surface area contributed by atoms with Crippen LogP contribution in [0.4, 0.5) is 5.69 Å². The predicted molar refractivity (Wildman–Crippen MR) is 60.1 cm³/mol. The van der Waals surface area contributed by atoms with Crippen LogP contribution in [0.15, 0.2) is 24.3 Å². The minimum atomic E-state index is -0.635. The summed E-state index contributed by atoms with van der Waals surface area (Å²) in [5, 5.41) is 10.0. The summed E-state index contributed by atoms with van der Waals surface area (Å²) in [5.74, 6) is 0. The van der Waals surface area contributed by atoms with Crippen molar-refractivity contribution in [2.75, 3.05) is 5.73 Å². The standard InChI is InChI=1S/C12H19NO/c1-3-8-12(2,14)9-10-6-4-5-7-11(10)13/h4-7,14H,3,8-9,13H2,1-2H3. The third-order valence-electron chi connectivity index (χ3n) is 2.41. The van der Waals surface area contributed by atoms with E-state index >= 15 is 0 Å². The molecule has 0 aliphatic carbocycles. The highest BCUT2D eigenvalue weighted by atomic mass is 16.3. The van der Waals surface area contributed by atoms with Crippen LogP contribution in [0.1, 0.15) is 32.3 Å². The molecule has 0 saturated carbocycles. The minimum absolute atomic E-state index is 0.632. The molecule has 0 aromatic heterocycles. The maximum absolute atomic E-state index is 10.0. The zero-order chi connectivity index (χ0) is 10.6. The Kier molecular flexibility index (Phi) is 3.53. The normalized spacial score (nSPS) is 15.1. The van der Waals surface area contributed by atoms with E-state index in [0.29, 0.717) is 6.42 Å². The van der Waals surface area contributed by atoms with E-state index in [2.05, 4.69) is 6.92 Å². The summed E-state index contributed by atoms with van der Waals surface area (Å²) in [6.45, 7) is 3.94. The van der Waals surface area contributed by atoms with E-state index in [9.17, 15) is 5.11 Å². The summed E-state index contributed by atoms with van der Waals surface area (Å²) in [7, 11) is 0. The van der Waals surface area contributed by atoms with Gasteiger partial charge in [-0.15, -0.1) is 0 Å². The average Bonchev–Trinajstić information content (AvgIpc) is 2.08. The molecule has 0 aliphatic heterocycles. The van der Waals surface area contributed by atoms with Crippen molar-refractivity contribution in [3.8, 4) is 0 Å². The third kappa shape index (κ3) is 3.04. The van der Waals surface area contributed by atoms with Gasteiger partial charge in [0, 0.05) is 12.1 Å². The Morgan fingerprint density at radius 2 is 2.00 bits per heavy atom. The van der Waals surface area contributed by atoms with Crippen molar-refractivity contribution >= 4 is 5.69 Å². The van der Waals surface area contributed by atoms with Crippen LogP contribution in [0.25, 0.3) is 0 Å². The zero-order valence-electron chi connectivity index (χ0n) is 8.96. The van der Waals surface area contributed by atoms with Crippen LogP contribution in [0.2, 0.25) is 0 Å². The Morgan fingerprint density at radius 1 is 1.36 bits per heavy atom. The van der Waals surface area contributed by atoms with E-state index in [1.54, 1.807) is 0 Å². The number of anilines is 1. The highest BCUT2D eigenvalue weighted by Crippen LogP contribution is 2.21. The van der Waals surface area contributed by atoms with Crippen LogP contribution in [0.5, 0.6) is 0 Å². The van der Waals surface area contributed by atoms with E-state index in [4.69, 9.17) is 5.73 Å². The molecule has 0 aliphatic rings. The van der Waals surface area contributed by atoms with Gasteiger partial charge in [-0.1, -0.05) is 31.5 Å². The Balaban J connectivity index is 2.73. The first-order valence-electron chi connectivity index (χ1n) is 5.11. The van der Waals surface area contributed by atoms with Gasteiger partial charge in [0.2, 0.25) is 0 Å². The first-order chi connectivity index (χ1) is 6.55. The molecule has 1 rings (SSSR count). The lowest BCUT2D eigenvalue weighted by Gasteiger charge is -2.23. The summed E-state index contributed by atoms with van der Waals surface area (Å²) in [4.78, 5) is 0. The van der Waals surface area contributed by atoms with Crippen molar-refractivity contribution < 1.29 is 5.11 Å². The van der Waals surface area contributed by atoms with Gasteiger partial charge < -0.3 is 10.8 Å². The van der Waals surface area contributed by atoms with Gasteiger partial charge in [0.25, 0.3) is 0 Å². The Labute approximate surface area is 85.8 Å². The van der Waals surface area contributed by atoms with Gasteiger partial charge in [-0.2, -0.15) is 0 Å². The van der Waals surface area contributed by atoms with E-state index in [1.165, 1.54) is 0 Å². The number of hydrogen-bond donors (Lipinski definition) is 2. The van der Waals surface area contributed by atoms with Crippen molar-refractivity contribution in [2.45, 2.75) is 38.7 Å². The molecule has 14 heavy (non-hydrogen) atoms. The summed E-state index contributed by atoms with van der Waals surface area (Å²) in [5.41, 5.74) is 6.98. The highest BCUT2D eigenvalue weighted by molar-refractivity contribution is 5.46. The van der Waals surface area contributed by atoms with Crippen LogP contribution < -0.4 is 5.73 Å². The van der Waals surface area contributed by atoms with Crippen molar-refractivity contribution in [1.29, 1.82) is 0 Å². The smallest absolute Gasteiger partial charge is 0.0660 e. The van der Waals surface area contributed by atoms with Crippen molar-refractivity contribution in [3.63, 3.8) is 0 Å². The Morgan fingerprint density at radius 3 is 2.57 bits per heavy atom. The molecule has 0 fully saturated rings. The molecule has 0 saturated heterocycles. The molecule has 1 unspecified atom stereocenters. The minimum Gasteiger partial charge on any atom is -0.399 e. The van der Waals surface area contributed by atoms with E-state index in [-0.39, 0.29) is 0 Å². The lowest BCUT2D eigenvalue weighted by atomic mass is 9.91. The molecule has 3 N–H and O–H groups in total. The molecule has 0 heterocycles. The van der Waals surface area contributed by atoms with Crippen molar-refractivity contribution in [3.05, 3.63) is 29.8 Å². The molecule has 2 heteroatoms. The highest BCUT2D eigenvalue weighted by Gasteiger charge is 2.20. The van der Waals surface area contributed by atoms with Crippen LogP contribution in [-0.4, -0.2) is 10.7 Å². The number of aliphatic hydroxyl groups is 1. The van der Waals surface area contributed by atoms with E-state index in [0.717, 1.165) is 24.1 Å². The van der Waals surface area contributed by atoms with Crippen molar-refractivity contribution in [1.82, 2.24) is 0 Å². The van der Waals surface area contributed by atoms with Gasteiger partial charge in [0.1, 0.15) is 0 Å². The van der Waals surface area contributed by atoms with Crippen LogP contribution in [0.3, 0.4) is 0 Å². The molecular formula is C12H19NO. The Bertz CT molecular complexity index is 294. The molecule has 0 spiro atoms. The summed E-state index contributed by atoms with van der Waals surface area (Å²) in [6.07, 6.45) is 2.43. The Hall–Kier alpha value is -1.02. The van der Waals surface area contributed by atoms with Gasteiger partial charge >= 0.3 is 0 Å². The SMILES string of the molecule is CCCC(C)(O)Cc1ccccc1N. The van der Waals surface area contributed by atoms with Gasteiger partial charge in [-0.05, 0) is 25.0 Å². The van der Waals surface area contributed by atoms with Crippen LogP contribution in [-0.2, 0) is 6.42 Å². The molecule has 1 aromatic rings. The summed E-state index contributed by atoms with van der Waals surface area (Å²) >= 11 is 0. The maximum Gasteiger partial charge on any atom is 0.0660 e. The first-order valence-corrected chi connectivity index (χ1v) is 5.11. The fourth-order valence-electron chi connectivity index (χ4n) is 1.73. The number of hydrogen-bond acceptors (Lipinski definition) is 2. The molecule has 0 radical (unpaired) electrons. The molecule has 78 valence electrons. The summed E-state index contributed by atoms with van der Waals surface area (Å²) < 4.78 is 0. The monoisotopic (exact) mass is 193 g/mol. The van der Waals surface area contributed by atoms with Gasteiger partial charge in [0.15, 0.2) is 0 Å². The molecule has 0 amide bonds. The zero-order valence-corrected chi connectivity index (χ0v) is 8.96. The predicted octanol–water partition coefficient (Wildman–Crippen LogP) is 2.36. The number of nitrogens with two attached hydrogens (primary N) is 1. The van der Waals surface area contributed by atoms with Gasteiger partial charge in [-0.25, -0.2) is 0 Å². The van der Waals surface area contributed by atoms with Crippen molar-refractivity contribution in [2.24, 2.45) is 0 Å². The number of nitrogen functional groups attached to an aromatic ring is 1. The number of para-hydroxylation sites is 1. The van der Waals surface area contributed by atoms with Crippen LogP contribution in [0, 0.1) is 0 Å². The second-order valence-corrected chi connectivity index (χ2v) is 4.12. The maximum atomic E-state index is 10.0. The van der Waals surface area contributed by atoms with Gasteiger partial charge in [-0.3, -0.25) is 0 Å². The van der Waals surface area contributed by atoms with E-state index in [1.807, 2.05) is 31.2 Å². The lowest BCUT2D eigenvalue weighted by Crippen LogP contribution is -2.27. The topological polar surface area (TPSA) is 46.2 Å². The fourth-order valence-corrected chi connectivity index (χ4v) is 1.73. The molecular weight excluding hydrogens is 174 g/mol. The quantitative estimate of drug-likeness (QED) is 0.721. The lowest BCUT2D eigenvalue weighted by molar-refractivity contribution is 0.0507. The fraction of sp³-hybridized carbons (Fsp3) is 0.500. The molecule has 0 bridgehead atoms. The molecule has 2 nitrogen and oxygen atoms in total. The van der Waals surface area contributed by atoms with Gasteiger partial charge in [0.05, 0.1) is 5.60 Å². The molecule has 1 aromatic carbocycles. The second kappa shape index (κ2) is 4.47. The van der Waals surface area contributed by atoms with Crippen LogP contribution >= 0.6 is 0 Å². The number of rotatable bonds is 4. The first kappa shape index (κ1) is 11.1. The largest absolute Gasteiger partial charge is 0.399 e. The number of benzene rings is 1.